The van der Waals surface area contributed by atoms with Crippen LogP contribution in [0.25, 0.3) is 0 Å². The van der Waals surface area contributed by atoms with Gasteiger partial charge in [-0.1, -0.05) is 0 Å². The van der Waals surface area contributed by atoms with Crippen molar-refractivity contribution >= 4 is 16.8 Å². The summed E-state index contributed by atoms with van der Waals surface area (Å²) in [4.78, 5) is 10.6. The number of benzene rings is 1. The zero-order chi connectivity index (χ0) is 10.0. The molecule has 0 saturated heterocycles. The minimum Gasteiger partial charge on any atom is -0.275 e. The van der Waals surface area contributed by atoms with Crippen molar-refractivity contribution in [1.29, 1.82) is 5.26 Å². The van der Waals surface area contributed by atoms with Crippen LogP contribution in [0.15, 0.2) is 12.1 Å². The second-order valence-electron chi connectivity index (χ2n) is 2.16. The van der Waals surface area contributed by atoms with Gasteiger partial charge in [-0.05, 0) is 23.7 Å². The van der Waals surface area contributed by atoms with Crippen LogP contribution in [0.4, 0.5) is 8.78 Å². The number of carbonyl (C=O) groups excluding carboxylic acids is 1. The molecule has 0 fully saturated rings. The maximum absolute atomic E-state index is 12.8. The molecule has 0 saturated carbocycles. The fourth-order valence-corrected chi connectivity index (χ4v) is 1.04. The monoisotopic (exact) mass is 201 g/mol. The SMILES string of the molecule is N#Cc1c(F)ccc(F)c1C(=O)Cl. The van der Waals surface area contributed by atoms with E-state index in [0.717, 1.165) is 12.1 Å². The quantitative estimate of drug-likeness (QED) is 0.654. The molecule has 0 spiro atoms. The lowest BCUT2D eigenvalue weighted by Crippen LogP contribution is -2.01. The van der Waals surface area contributed by atoms with Crippen LogP contribution in [0.2, 0.25) is 0 Å². The molecule has 0 aliphatic carbocycles. The molecule has 0 aliphatic heterocycles. The highest BCUT2D eigenvalue weighted by molar-refractivity contribution is 6.68. The van der Waals surface area contributed by atoms with Crippen molar-refractivity contribution < 1.29 is 13.6 Å². The third-order valence-corrected chi connectivity index (χ3v) is 1.60. The summed E-state index contributed by atoms with van der Waals surface area (Å²) in [5.74, 6) is -1.97. The first-order chi connectivity index (χ1) is 6.07. The molecule has 1 aromatic carbocycles. The first-order valence-electron chi connectivity index (χ1n) is 3.16. The van der Waals surface area contributed by atoms with Crippen LogP contribution in [-0.4, -0.2) is 5.24 Å². The fraction of sp³-hybridized carbons (Fsp3) is 0. The first kappa shape index (κ1) is 9.62. The van der Waals surface area contributed by atoms with Crippen LogP contribution >= 0.6 is 11.6 Å². The van der Waals surface area contributed by atoms with E-state index < -0.39 is 28.0 Å². The molecule has 1 aromatic rings. The summed E-state index contributed by atoms with van der Waals surface area (Å²) in [6.07, 6.45) is 0. The topological polar surface area (TPSA) is 40.9 Å². The lowest BCUT2D eigenvalue weighted by atomic mass is 10.1. The summed E-state index contributed by atoms with van der Waals surface area (Å²) in [6, 6.07) is 2.87. The predicted octanol–water partition coefficient (Wildman–Crippen LogP) is 2.22. The molecule has 0 amide bonds. The van der Waals surface area contributed by atoms with Gasteiger partial charge in [0.25, 0.3) is 5.24 Å². The Kier molecular flexibility index (Phi) is 2.59. The highest BCUT2D eigenvalue weighted by Crippen LogP contribution is 2.18. The molecule has 0 bridgehead atoms. The van der Waals surface area contributed by atoms with E-state index in [4.69, 9.17) is 16.9 Å². The number of halogens is 3. The van der Waals surface area contributed by atoms with Crippen LogP contribution in [0.3, 0.4) is 0 Å². The second-order valence-corrected chi connectivity index (χ2v) is 2.51. The van der Waals surface area contributed by atoms with Crippen molar-refractivity contribution in [2.45, 2.75) is 0 Å². The third kappa shape index (κ3) is 1.65. The van der Waals surface area contributed by atoms with Crippen molar-refractivity contribution in [3.8, 4) is 6.07 Å². The summed E-state index contributed by atoms with van der Waals surface area (Å²) < 4.78 is 25.6. The Morgan fingerprint density at radius 3 is 2.31 bits per heavy atom. The fourth-order valence-electron chi connectivity index (χ4n) is 0.853. The van der Waals surface area contributed by atoms with E-state index in [2.05, 4.69) is 0 Å². The third-order valence-electron chi connectivity index (χ3n) is 1.41. The van der Waals surface area contributed by atoms with Gasteiger partial charge in [0.2, 0.25) is 0 Å². The summed E-state index contributed by atoms with van der Waals surface area (Å²) in [6.45, 7) is 0. The van der Waals surface area contributed by atoms with Crippen LogP contribution in [-0.2, 0) is 0 Å². The van der Waals surface area contributed by atoms with Crippen molar-refractivity contribution in [1.82, 2.24) is 0 Å². The van der Waals surface area contributed by atoms with Gasteiger partial charge >= 0.3 is 0 Å². The number of hydrogen-bond donors (Lipinski definition) is 0. The van der Waals surface area contributed by atoms with E-state index in [1.807, 2.05) is 0 Å². The Hall–Kier alpha value is -1.47. The minimum atomic E-state index is -1.19. The van der Waals surface area contributed by atoms with Crippen LogP contribution in [0, 0.1) is 23.0 Å². The number of nitriles is 1. The average Bonchev–Trinajstić information content (AvgIpc) is 2.07. The van der Waals surface area contributed by atoms with Crippen molar-refractivity contribution in [3.63, 3.8) is 0 Å². The maximum atomic E-state index is 12.8. The van der Waals surface area contributed by atoms with E-state index in [1.54, 1.807) is 0 Å². The van der Waals surface area contributed by atoms with Gasteiger partial charge in [0.15, 0.2) is 0 Å². The second kappa shape index (κ2) is 3.50. The van der Waals surface area contributed by atoms with E-state index in [0.29, 0.717) is 0 Å². The largest absolute Gasteiger partial charge is 0.275 e. The molecule has 0 N–H and O–H groups in total. The van der Waals surface area contributed by atoms with E-state index in [-0.39, 0.29) is 0 Å². The van der Waals surface area contributed by atoms with Crippen LogP contribution in [0.5, 0.6) is 0 Å². The van der Waals surface area contributed by atoms with Gasteiger partial charge in [0, 0.05) is 0 Å². The molecule has 5 heteroatoms. The minimum absolute atomic E-state index is 0.667. The Morgan fingerprint density at radius 2 is 1.92 bits per heavy atom. The average molecular weight is 202 g/mol. The highest BCUT2D eigenvalue weighted by Gasteiger charge is 2.18. The van der Waals surface area contributed by atoms with Crippen molar-refractivity contribution in [2.75, 3.05) is 0 Å². The molecular weight excluding hydrogens is 200 g/mol. The normalized spacial score (nSPS) is 9.38. The van der Waals surface area contributed by atoms with Gasteiger partial charge in [0.05, 0.1) is 5.56 Å². The Labute approximate surface area is 77.3 Å². The molecule has 13 heavy (non-hydrogen) atoms. The zero-order valence-electron chi connectivity index (χ0n) is 6.14. The van der Waals surface area contributed by atoms with Crippen LogP contribution in [0.1, 0.15) is 15.9 Å². The smallest absolute Gasteiger partial charge is 0.256 e. The number of rotatable bonds is 1. The summed E-state index contributed by atoms with van der Waals surface area (Å²) in [5, 5.41) is 7.22. The molecule has 0 aliphatic rings. The van der Waals surface area contributed by atoms with Crippen molar-refractivity contribution in [2.24, 2.45) is 0 Å². The first-order valence-corrected chi connectivity index (χ1v) is 3.53. The molecule has 0 atom stereocenters. The predicted molar refractivity (Wildman–Crippen MR) is 41.3 cm³/mol. The lowest BCUT2D eigenvalue weighted by Gasteiger charge is -1.99. The van der Waals surface area contributed by atoms with E-state index >= 15 is 0 Å². The summed E-state index contributed by atoms with van der Waals surface area (Å²) >= 11 is 4.97. The maximum Gasteiger partial charge on any atom is 0.256 e. The number of nitrogens with zero attached hydrogens (tertiary/aromatic N) is 1. The van der Waals surface area contributed by atoms with Crippen LogP contribution < -0.4 is 0 Å². The van der Waals surface area contributed by atoms with Gasteiger partial charge in [-0.2, -0.15) is 5.26 Å². The highest BCUT2D eigenvalue weighted by atomic mass is 35.5. The van der Waals surface area contributed by atoms with E-state index in [9.17, 15) is 13.6 Å². The zero-order valence-corrected chi connectivity index (χ0v) is 6.90. The molecule has 1 rings (SSSR count). The molecule has 0 unspecified atom stereocenters. The lowest BCUT2D eigenvalue weighted by molar-refractivity contribution is 0.107. The summed E-state index contributed by atoms with van der Waals surface area (Å²) in [5.41, 5.74) is -1.39. The number of hydrogen-bond acceptors (Lipinski definition) is 2. The Balaban J connectivity index is 3.55. The molecule has 0 heterocycles. The molecular formula is C8H2ClF2NO. The molecule has 66 valence electrons. The molecule has 0 radical (unpaired) electrons. The van der Waals surface area contributed by atoms with Crippen molar-refractivity contribution in [3.05, 3.63) is 34.9 Å². The van der Waals surface area contributed by atoms with E-state index in [1.165, 1.54) is 6.07 Å². The Morgan fingerprint density at radius 1 is 1.38 bits per heavy atom. The Bertz CT molecular complexity index is 411. The van der Waals surface area contributed by atoms with Gasteiger partial charge in [-0.25, -0.2) is 8.78 Å². The molecule has 2 nitrogen and oxygen atoms in total. The van der Waals surface area contributed by atoms with Gasteiger partial charge < -0.3 is 0 Å². The van der Waals surface area contributed by atoms with Gasteiger partial charge in [-0.3, -0.25) is 4.79 Å². The van der Waals surface area contributed by atoms with Gasteiger partial charge in [0.1, 0.15) is 23.3 Å². The number of carbonyl (C=O) groups is 1. The summed E-state index contributed by atoms with van der Waals surface area (Å²) in [7, 11) is 0. The standard InChI is InChI=1S/C8H2ClF2NO/c9-8(13)7-4(3-12)5(10)1-2-6(7)11/h1-2H. The molecule has 0 aromatic heterocycles. The van der Waals surface area contributed by atoms with Gasteiger partial charge in [-0.15, -0.1) is 0 Å².